The van der Waals surface area contributed by atoms with E-state index in [0.29, 0.717) is 16.9 Å². The smallest absolute Gasteiger partial charge is 0.262 e. The number of ether oxygens (including phenoxy) is 1. The molecule has 0 aliphatic heterocycles. The molecule has 2 aromatic rings. The topological polar surface area (TPSA) is 84.5 Å². The van der Waals surface area contributed by atoms with Crippen molar-refractivity contribution >= 4 is 62.1 Å². The molecule has 10 heteroatoms. The van der Waals surface area contributed by atoms with Gasteiger partial charge in [0.1, 0.15) is 5.75 Å². The maximum atomic E-state index is 12.1. The molecule has 0 aliphatic carbocycles. The summed E-state index contributed by atoms with van der Waals surface area (Å²) in [5, 5.41) is 3.44. The summed E-state index contributed by atoms with van der Waals surface area (Å²) in [6.07, 6.45) is 0. The zero-order valence-electron chi connectivity index (χ0n) is 14.5. The minimum Gasteiger partial charge on any atom is -0.482 e. The van der Waals surface area contributed by atoms with Crippen LogP contribution in [0.25, 0.3) is 0 Å². The van der Waals surface area contributed by atoms with E-state index in [2.05, 4.69) is 10.0 Å². The van der Waals surface area contributed by atoms with Crippen LogP contribution in [-0.4, -0.2) is 26.7 Å². The SMILES string of the molecule is CCS(=O)(=O)Nc1ccc(NC(=O)COc2cc(Cl)c(Cl)cc2Cl)cc1C. The van der Waals surface area contributed by atoms with Gasteiger partial charge in [-0.1, -0.05) is 34.8 Å². The Hall–Kier alpha value is -1.67. The number of hydrogen-bond acceptors (Lipinski definition) is 4. The lowest BCUT2D eigenvalue weighted by Crippen LogP contribution is -2.20. The molecule has 0 atom stereocenters. The number of nitrogens with one attached hydrogen (secondary N) is 2. The van der Waals surface area contributed by atoms with Gasteiger partial charge < -0.3 is 10.1 Å². The van der Waals surface area contributed by atoms with Crippen LogP contribution in [-0.2, 0) is 14.8 Å². The van der Waals surface area contributed by atoms with E-state index >= 15 is 0 Å². The number of hydrogen-bond donors (Lipinski definition) is 2. The van der Waals surface area contributed by atoms with Crippen molar-refractivity contribution in [2.24, 2.45) is 0 Å². The van der Waals surface area contributed by atoms with Gasteiger partial charge in [0, 0.05) is 11.8 Å². The van der Waals surface area contributed by atoms with Gasteiger partial charge in [0.25, 0.3) is 5.91 Å². The van der Waals surface area contributed by atoms with Crippen LogP contribution in [0.15, 0.2) is 30.3 Å². The Morgan fingerprint density at radius 2 is 1.74 bits per heavy atom. The predicted molar refractivity (Wildman–Crippen MR) is 110 cm³/mol. The van der Waals surface area contributed by atoms with Crippen molar-refractivity contribution in [2.75, 3.05) is 22.4 Å². The first kappa shape index (κ1) is 21.6. The van der Waals surface area contributed by atoms with Crippen LogP contribution in [0.4, 0.5) is 11.4 Å². The van der Waals surface area contributed by atoms with E-state index < -0.39 is 15.9 Å². The molecule has 6 nitrogen and oxygen atoms in total. The molecule has 0 aliphatic rings. The van der Waals surface area contributed by atoms with Gasteiger partial charge in [0.05, 0.1) is 26.5 Å². The largest absolute Gasteiger partial charge is 0.482 e. The first-order valence-corrected chi connectivity index (χ1v) is 10.6. The molecule has 1 amide bonds. The third-order valence-corrected chi connectivity index (χ3v) is 5.80. The number of carbonyl (C=O) groups excluding carboxylic acids is 1. The molecule has 0 unspecified atom stereocenters. The van der Waals surface area contributed by atoms with Crippen molar-refractivity contribution in [2.45, 2.75) is 13.8 Å². The van der Waals surface area contributed by atoms with Crippen molar-refractivity contribution in [1.82, 2.24) is 0 Å². The van der Waals surface area contributed by atoms with Crippen molar-refractivity contribution in [3.63, 3.8) is 0 Å². The molecule has 2 aromatic carbocycles. The predicted octanol–water partition coefficient (Wildman–Crippen LogP) is 4.73. The summed E-state index contributed by atoms with van der Waals surface area (Å²) in [5.74, 6) is -0.209. The van der Waals surface area contributed by atoms with E-state index in [1.807, 2.05) is 0 Å². The number of benzene rings is 2. The molecule has 2 rings (SSSR count). The van der Waals surface area contributed by atoms with E-state index in [-0.39, 0.29) is 33.2 Å². The Balaban J connectivity index is 2.00. The van der Waals surface area contributed by atoms with Gasteiger partial charge in [-0.15, -0.1) is 0 Å². The summed E-state index contributed by atoms with van der Waals surface area (Å²) in [6.45, 7) is 2.99. The van der Waals surface area contributed by atoms with Gasteiger partial charge >= 0.3 is 0 Å². The molecule has 0 aromatic heterocycles. The zero-order chi connectivity index (χ0) is 20.2. The van der Waals surface area contributed by atoms with Crippen LogP contribution < -0.4 is 14.8 Å². The second-order valence-corrected chi connectivity index (χ2v) is 8.80. The van der Waals surface area contributed by atoms with Gasteiger partial charge in [-0.2, -0.15) is 0 Å². The van der Waals surface area contributed by atoms with Crippen molar-refractivity contribution in [3.8, 4) is 5.75 Å². The van der Waals surface area contributed by atoms with Crippen molar-refractivity contribution < 1.29 is 17.9 Å². The Kier molecular flexibility index (Phi) is 7.22. The summed E-state index contributed by atoms with van der Waals surface area (Å²) in [6, 6.07) is 7.67. The molecular formula is C17H17Cl3N2O4S. The van der Waals surface area contributed by atoms with E-state index in [1.165, 1.54) is 12.1 Å². The highest BCUT2D eigenvalue weighted by molar-refractivity contribution is 7.92. The van der Waals surface area contributed by atoms with Crippen LogP contribution in [0.1, 0.15) is 12.5 Å². The minimum absolute atomic E-state index is 0.0282. The molecule has 0 fully saturated rings. The number of halogens is 3. The summed E-state index contributed by atoms with van der Waals surface area (Å²) >= 11 is 17.7. The summed E-state index contributed by atoms with van der Waals surface area (Å²) in [5.41, 5.74) is 1.62. The fourth-order valence-corrected chi connectivity index (χ4v) is 3.35. The molecule has 146 valence electrons. The van der Waals surface area contributed by atoms with E-state index in [1.54, 1.807) is 32.0 Å². The fraction of sp³-hybridized carbons (Fsp3) is 0.235. The average molecular weight is 452 g/mol. The number of sulfonamides is 1. The number of carbonyl (C=O) groups is 1. The molecule has 0 radical (unpaired) electrons. The summed E-state index contributed by atoms with van der Waals surface area (Å²) in [4.78, 5) is 12.1. The maximum Gasteiger partial charge on any atom is 0.262 e. The van der Waals surface area contributed by atoms with Crippen LogP contribution in [0, 0.1) is 6.92 Å². The van der Waals surface area contributed by atoms with Gasteiger partial charge in [-0.05, 0) is 43.7 Å². The van der Waals surface area contributed by atoms with Crippen LogP contribution in [0.5, 0.6) is 5.75 Å². The number of anilines is 2. The number of rotatable bonds is 7. The Morgan fingerprint density at radius 1 is 1.07 bits per heavy atom. The molecule has 0 heterocycles. The van der Waals surface area contributed by atoms with Gasteiger partial charge in [-0.3, -0.25) is 9.52 Å². The Labute approximate surface area is 172 Å². The third-order valence-electron chi connectivity index (χ3n) is 3.49. The van der Waals surface area contributed by atoms with Crippen LogP contribution >= 0.6 is 34.8 Å². The minimum atomic E-state index is -3.37. The van der Waals surface area contributed by atoms with Gasteiger partial charge in [-0.25, -0.2) is 8.42 Å². The van der Waals surface area contributed by atoms with Crippen LogP contribution in [0.2, 0.25) is 15.1 Å². The highest BCUT2D eigenvalue weighted by atomic mass is 35.5. The summed E-state index contributed by atoms with van der Waals surface area (Å²) in [7, 11) is -3.37. The van der Waals surface area contributed by atoms with Crippen molar-refractivity contribution in [1.29, 1.82) is 0 Å². The first-order valence-electron chi connectivity index (χ1n) is 7.79. The average Bonchev–Trinajstić information content (AvgIpc) is 2.59. The van der Waals surface area contributed by atoms with Gasteiger partial charge in [0.15, 0.2) is 6.61 Å². The molecule has 0 saturated heterocycles. The molecule has 0 spiro atoms. The monoisotopic (exact) mass is 450 g/mol. The second-order valence-electron chi connectivity index (χ2n) is 5.57. The lowest BCUT2D eigenvalue weighted by molar-refractivity contribution is -0.118. The Morgan fingerprint density at radius 3 is 2.37 bits per heavy atom. The quantitative estimate of drug-likeness (QED) is 0.596. The van der Waals surface area contributed by atoms with Gasteiger partial charge in [0.2, 0.25) is 10.0 Å². The fourth-order valence-electron chi connectivity index (χ4n) is 2.05. The summed E-state index contributed by atoms with van der Waals surface area (Å²) < 4.78 is 31.1. The molecule has 0 saturated carbocycles. The highest BCUT2D eigenvalue weighted by Crippen LogP contribution is 2.33. The third kappa shape index (κ3) is 6.17. The standard InChI is InChI=1S/C17H17Cl3N2O4S/c1-3-27(24,25)22-15-5-4-11(6-10(15)2)21-17(23)9-26-16-8-13(19)12(18)7-14(16)20/h4-8,22H,3,9H2,1-2H3,(H,21,23). The lowest BCUT2D eigenvalue weighted by atomic mass is 10.2. The normalized spacial score (nSPS) is 11.1. The highest BCUT2D eigenvalue weighted by Gasteiger charge is 2.12. The van der Waals surface area contributed by atoms with Crippen LogP contribution in [0.3, 0.4) is 0 Å². The lowest BCUT2D eigenvalue weighted by Gasteiger charge is -2.12. The first-order chi connectivity index (χ1) is 12.6. The zero-order valence-corrected chi connectivity index (χ0v) is 17.6. The number of amides is 1. The molecular weight excluding hydrogens is 435 g/mol. The molecule has 27 heavy (non-hydrogen) atoms. The van der Waals surface area contributed by atoms with Crippen molar-refractivity contribution in [3.05, 3.63) is 51.0 Å². The molecule has 2 N–H and O–H groups in total. The molecule has 0 bridgehead atoms. The second kappa shape index (κ2) is 9.01. The van der Waals surface area contributed by atoms with E-state index in [9.17, 15) is 13.2 Å². The number of aryl methyl sites for hydroxylation is 1. The van der Waals surface area contributed by atoms with E-state index in [4.69, 9.17) is 39.5 Å². The van der Waals surface area contributed by atoms with E-state index in [0.717, 1.165) is 0 Å². The Bertz CT molecular complexity index is 965. The maximum absolute atomic E-state index is 12.1.